The number of halogens is 3. The Kier molecular flexibility index (Phi) is 5.64. The lowest BCUT2D eigenvalue weighted by molar-refractivity contribution is -0.137. The molecule has 1 N–H and O–H groups in total. The first-order valence-corrected chi connectivity index (χ1v) is 5.84. The third kappa shape index (κ3) is 4.79. The minimum Gasteiger partial charge on any atom is -0.494 e. The van der Waals surface area contributed by atoms with Crippen LogP contribution in [0.5, 0.6) is 5.75 Å². The molecule has 0 heterocycles. The fourth-order valence-corrected chi connectivity index (χ4v) is 1.53. The van der Waals surface area contributed by atoms with E-state index >= 15 is 0 Å². The van der Waals surface area contributed by atoms with Gasteiger partial charge in [0.2, 0.25) is 0 Å². The molecule has 3 nitrogen and oxygen atoms in total. The number of benzene rings is 1. The van der Waals surface area contributed by atoms with Gasteiger partial charge in [0.1, 0.15) is 5.75 Å². The smallest absolute Gasteiger partial charge is 0.417 e. The summed E-state index contributed by atoms with van der Waals surface area (Å²) in [5.41, 5.74) is -1.40. The molecule has 0 saturated carbocycles. The minimum atomic E-state index is -4.57. The molecule has 0 aliphatic heterocycles. The largest absolute Gasteiger partial charge is 0.494 e. The average Bonchev–Trinajstić information content (AvgIpc) is 2.37. The number of unbranched alkanes of at least 4 members (excludes halogenated alkanes) is 2. The maximum atomic E-state index is 12.7. The van der Waals surface area contributed by atoms with Crippen LogP contribution in [0.3, 0.4) is 0 Å². The van der Waals surface area contributed by atoms with Crippen molar-refractivity contribution in [2.45, 2.75) is 25.4 Å². The number of nitrogens with zero attached hydrogens (tertiary/aromatic N) is 1. The zero-order chi connectivity index (χ0) is 14.3. The molecular formula is C13H14F3NO2. The zero-order valence-corrected chi connectivity index (χ0v) is 10.2. The van der Waals surface area contributed by atoms with Gasteiger partial charge in [-0.15, -0.1) is 0 Å². The predicted molar refractivity (Wildman–Crippen MR) is 62.6 cm³/mol. The lowest BCUT2D eigenvalue weighted by atomic mass is 10.1. The van der Waals surface area contributed by atoms with Crippen molar-refractivity contribution in [3.63, 3.8) is 0 Å². The molecule has 0 bridgehead atoms. The summed E-state index contributed by atoms with van der Waals surface area (Å²) in [5.74, 6) is 0.0929. The number of alkyl halides is 3. The van der Waals surface area contributed by atoms with Gasteiger partial charge in [-0.2, -0.15) is 18.4 Å². The second kappa shape index (κ2) is 7.00. The number of rotatable bonds is 6. The van der Waals surface area contributed by atoms with Gasteiger partial charge in [0, 0.05) is 6.61 Å². The van der Waals surface area contributed by atoms with E-state index in [1.807, 2.05) is 0 Å². The zero-order valence-electron chi connectivity index (χ0n) is 10.2. The van der Waals surface area contributed by atoms with Crippen LogP contribution in [0.25, 0.3) is 0 Å². The molecule has 0 fully saturated rings. The summed E-state index contributed by atoms with van der Waals surface area (Å²) >= 11 is 0. The summed E-state index contributed by atoms with van der Waals surface area (Å²) in [4.78, 5) is 0. The van der Waals surface area contributed by atoms with E-state index in [9.17, 15) is 13.2 Å². The van der Waals surface area contributed by atoms with Crippen LogP contribution in [0.1, 0.15) is 30.4 Å². The quantitative estimate of drug-likeness (QED) is 0.810. The van der Waals surface area contributed by atoms with Crippen LogP contribution in [0.15, 0.2) is 18.2 Å². The Morgan fingerprint density at radius 3 is 2.53 bits per heavy atom. The lowest BCUT2D eigenvalue weighted by Crippen LogP contribution is -2.08. The van der Waals surface area contributed by atoms with Crippen molar-refractivity contribution >= 4 is 0 Å². The Morgan fingerprint density at radius 1 is 1.21 bits per heavy atom. The van der Waals surface area contributed by atoms with Gasteiger partial charge >= 0.3 is 6.18 Å². The van der Waals surface area contributed by atoms with Crippen molar-refractivity contribution in [2.24, 2.45) is 0 Å². The van der Waals surface area contributed by atoms with Crippen LogP contribution in [0, 0.1) is 11.3 Å². The fraction of sp³-hybridized carbons (Fsp3) is 0.462. The molecule has 104 valence electrons. The highest BCUT2D eigenvalue weighted by Crippen LogP contribution is 2.34. The molecule has 0 spiro atoms. The van der Waals surface area contributed by atoms with E-state index in [1.54, 1.807) is 0 Å². The molecule has 0 saturated heterocycles. The van der Waals surface area contributed by atoms with Crippen LogP contribution in [0.2, 0.25) is 0 Å². The average molecular weight is 273 g/mol. The highest BCUT2D eigenvalue weighted by atomic mass is 19.4. The molecule has 0 unspecified atom stereocenters. The summed E-state index contributed by atoms with van der Waals surface area (Å²) in [6, 6.07) is 4.80. The number of aliphatic hydroxyl groups excluding tert-OH is 1. The molecular weight excluding hydrogens is 259 g/mol. The molecule has 19 heavy (non-hydrogen) atoms. The molecule has 0 radical (unpaired) electrons. The number of nitriles is 1. The summed E-state index contributed by atoms with van der Waals surface area (Å²) < 4.78 is 43.2. The lowest BCUT2D eigenvalue weighted by Gasteiger charge is -2.11. The topological polar surface area (TPSA) is 53.2 Å². The Bertz CT molecular complexity index is 452. The van der Waals surface area contributed by atoms with E-state index in [0.717, 1.165) is 18.6 Å². The molecule has 1 aromatic rings. The van der Waals surface area contributed by atoms with Gasteiger partial charge in [0.05, 0.1) is 23.8 Å². The SMILES string of the molecule is N#Cc1ccc(OCCCCCO)cc1C(F)(F)F. The Labute approximate surface area is 109 Å². The van der Waals surface area contributed by atoms with E-state index in [1.165, 1.54) is 12.1 Å². The number of ether oxygens (including phenoxy) is 1. The number of hydrogen-bond donors (Lipinski definition) is 1. The van der Waals surface area contributed by atoms with Gasteiger partial charge in [-0.25, -0.2) is 0 Å². The van der Waals surface area contributed by atoms with Crippen molar-refractivity contribution in [2.75, 3.05) is 13.2 Å². The highest BCUT2D eigenvalue weighted by molar-refractivity contribution is 5.44. The van der Waals surface area contributed by atoms with Crippen LogP contribution >= 0.6 is 0 Å². The molecule has 1 aromatic carbocycles. The molecule has 0 aromatic heterocycles. The normalized spacial score (nSPS) is 11.1. The highest BCUT2D eigenvalue weighted by Gasteiger charge is 2.34. The van der Waals surface area contributed by atoms with Gasteiger partial charge in [-0.05, 0) is 37.5 Å². The van der Waals surface area contributed by atoms with Crippen LogP contribution in [-0.2, 0) is 6.18 Å². The monoisotopic (exact) mass is 273 g/mol. The van der Waals surface area contributed by atoms with Crippen molar-refractivity contribution in [1.82, 2.24) is 0 Å². The molecule has 0 atom stereocenters. The van der Waals surface area contributed by atoms with Gasteiger partial charge in [0.25, 0.3) is 0 Å². The Balaban J connectivity index is 2.69. The Hall–Kier alpha value is -1.74. The second-order valence-electron chi connectivity index (χ2n) is 3.95. The predicted octanol–water partition coefficient (Wildman–Crippen LogP) is 3.12. The third-order valence-electron chi connectivity index (χ3n) is 2.49. The van der Waals surface area contributed by atoms with Crippen molar-refractivity contribution < 1.29 is 23.0 Å². The van der Waals surface area contributed by atoms with Gasteiger partial charge in [0.15, 0.2) is 0 Å². The molecule has 0 aliphatic rings. The second-order valence-corrected chi connectivity index (χ2v) is 3.95. The molecule has 0 amide bonds. The van der Waals surface area contributed by atoms with E-state index in [-0.39, 0.29) is 19.0 Å². The Morgan fingerprint density at radius 2 is 1.95 bits per heavy atom. The number of hydrogen-bond acceptors (Lipinski definition) is 3. The summed E-state index contributed by atoms with van der Waals surface area (Å²) in [7, 11) is 0. The van der Waals surface area contributed by atoms with E-state index in [2.05, 4.69) is 0 Å². The van der Waals surface area contributed by atoms with Crippen molar-refractivity contribution in [1.29, 1.82) is 5.26 Å². The van der Waals surface area contributed by atoms with Crippen LogP contribution < -0.4 is 4.74 Å². The third-order valence-corrected chi connectivity index (χ3v) is 2.49. The van der Waals surface area contributed by atoms with E-state index < -0.39 is 17.3 Å². The van der Waals surface area contributed by atoms with Crippen LogP contribution in [0.4, 0.5) is 13.2 Å². The minimum absolute atomic E-state index is 0.0923. The maximum absolute atomic E-state index is 12.7. The van der Waals surface area contributed by atoms with E-state index in [0.29, 0.717) is 12.8 Å². The van der Waals surface area contributed by atoms with Gasteiger partial charge in [-0.3, -0.25) is 0 Å². The summed E-state index contributed by atoms with van der Waals surface area (Å²) in [6.45, 7) is 0.373. The summed E-state index contributed by atoms with van der Waals surface area (Å²) in [6.07, 6.45) is -2.52. The maximum Gasteiger partial charge on any atom is 0.417 e. The molecule has 6 heteroatoms. The van der Waals surface area contributed by atoms with Crippen molar-refractivity contribution in [3.8, 4) is 11.8 Å². The summed E-state index contributed by atoms with van der Waals surface area (Å²) in [5, 5.41) is 17.2. The molecule has 0 aliphatic carbocycles. The number of aliphatic hydroxyl groups is 1. The van der Waals surface area contributed by atoms with Gasteiger partial charge < -0.3 is 9.84 Å². The first-order chi connectivity index (χ1) is 8.99. The first kappa shape index (κ1) is 15.3. The van der Waals surface area contributed by atoms with E-state index in [4.69, 9.17) is 15.1 Å². The first-order valence-electron chi connectivity index (χ1n) is 5.84. The van der Waals surface area contributed by atoms with Crippen molar-refractivity contribution in [3.05, 3.63) is 29.3 Å². The standard InChI is InChI=1S/C13H14F3NO2/c14-13(15,16)12-8-11(5-4-10(12)9-17)19-7-3-1-2-6-18/h4-5,8,18H,1-3,6-7H2. The fourth-order valence-electron chi connectivity index (χ4n) is 1.53. The van der Waals surface area contributed by atoms with Gasteiger partial charge in [-0.1, -0.05) is 0 Å². The van der Waals surface area contributed by atoms with Crippen LogP contribution in [-0.4, -0.2) is 18.3 Å². The molecule has 1 rings (SSSR count).